The van der Waals surface area contributed by atoms with E-state index < -0.39 is 49.6 Å². The van der Waals surface area contributed by atoms with Crippen molar-refractivity contribution in [2.45, 2.75) is 108 Å². The van der Waals surface area contributed by atoms with E-state index in [0.717, 1.165) is 66.8 Å². The van der Waals surface area contributed by atoms with Crippen molar-refractivity contribution in [1.29, 1.82) is 0 Å². The minimum Gasteiger partial charge on any atom is -0.507 e. The first kappa shape index (κ1) is 59.9. The Hall–Kier alpha value is -9.23. The van der Waals surface area contributed by atoms with Crippen LogP contribution in [0.25, 0.3) is 11.1 Å². The quantitative estimate of drug-likeness (QED) is 0.0354. The lowest BCUT2D eigenvalue weighted by molar-refractivity contribution is -0.140. The summed E-state index contributed by atoms with van der Waals surface area (Å²) >= 11 is 0. The number of aliphatic carboxylic acids is 3. The first-order valence-corrected chi connectivity index (χ1v) is 27.5. The summed E-state index contributed by atoms with van der Waals surface area (Å²) in [4.78, 5) is 36.9. The monoisotopic (exact) mass is 1120 g/mol. The smallest absolute Gasteiger partial charge is 0.341 e. The van der Waals surface area contributed by atoms with E-state index in [9.17, 15) is 50.1 Å². The molecule has 0 unspecified atom stereocenters. The highest BCUT2D eigenvalue weighted by atomic mass is 16.5. The molecule has 0 atom stereocenters. The van der Waals surface area contributed by atoms with E-state index in [-0.39, 0.29) is 35.8 Å². The molecule has 0 spiro atoms. The normalized spacial score (nSPS) is 11.3. The second kappa shape index (κ2) is 24.5. The molecular formula is C70H72O13. The number of carboxylic acid groups (broad SMARTS) is 3. The van der Waals surface area contributed by atoms with Crippen molar-refractivity contribution in [2.75, 3.05) is 19.8 Å². The van der Waals surface area contributed by atoms with Crippen molar-refractivity contribution in [1.82, 2.24) is 0 Å². The number of hydrogen-bond donors (Lipinski definition) is 7. The Kier molecular flexibility index (Phi) is 17.7. The second-order valence-corrected chi connectivity index (χ2v) is 22.0. The summed E-state index contributed by atoms with van der Waals surface area (Å²) in [5.41, 5.74) is 17.5. The summed E-state index contributed by atoms with van der Waals surface area (Å²) < 4.78 is 18.7. The van der Waals surface area contributed by atoms with Crippen molar-refractivity contribution >= 4 is 17.9 Å². The van der Waals surface area contributed by atoms with Crippen molar-refractivity contribution in [3.8, 4) is 51.4 Å². The second-order valence-electron chi connectivity index (χ2n) is 22.0. The average molecular weight is 1120 g/mol. The number of phenols is 4. The Morgan fingerprint density at radius 3 is 0.988 bits per heavy atom. The van der Waals surface area contributed by atoms with Gasteiger partial charge in [0.05, 0.1) is 0 Å². The molecule has 0 aliphatic heterocycles. The van der Waals surface area contributed by atoms with E-state index >= 15 is 0 Å². The lowest BCUT2D eigenvalue weighted by Crippen LogP contribution is -2.15. The van der Waals surface area contributed by atoms with Crippen molar-refractivity contribution in [3.63, 3.8) is 0 Å². The lowest BCUT2D eigenvalue weighted by atomic mass is 9.77. The van der Waals surface area contributed by atoms with E-state index in [2.05, 4.69) is 0 Å². The van der Waals surface area contributed by atoms with Crippen LogP contribution in [-0.2, 0) is 27.2 Å². The van der Waals surface area contributed by atoms with E-state index in [1.807, 2.05) is 174 Å². The Morgan fingerprint density at radius 2 is 0.675 bits per heavy atom. The van der Waals surface area contributed by atoms with Gasteiger partial charge in [0.2, 0.25) is 0 Å². The van der Waals surface area contributed by atoms with E-state index in [1.54, 1.807) is 12.1 Å². The number of ether oxygens (including phenoxy) is 3. The van der Waals surface area contributed by atoms with Crippen LogP contribution in [0.15, 0.2) is 103 Å². The van der Waals surface area contributed by atoms with Crippen molar-refractivity contribution in [3.05, 3.63) is 226 Å². The highest BCUT2D eigenvalue weighted by molar-refractivity contribution is 5.73. The predicted molar refractivity (Wildman–Crippen MR) is 321 cm³/mol. The largest absolute Gasteiger partial charge is 0.507 e. The summed E-state index contributed by atoms with van der Waals surface area (Å²) in [5.74, 6) is -3.19. The fourth-order valence-corrected chi connectivity index (χ4v) is 11.6. The fraction of sp³-hybridized carbons (Fsp3) is 0.271. The van der Waals surface area contributed by atoms with Crippen LogP contribution in [0.1, 0.15) is 134 Å². The Balaban J connectivity index is 1.38. The van der Waals surface area contributed by atoms with Gasteiger partial charge in [-0.2, -0.15) is 0 Å². The highest BCUT2D eigenvalue weighted by Gasteiger charge is 2.31. The molecule has 0 aliphatic rings. The van der Waals surface area contributed by atoms with Crippen LogP contribution in [0, 0.1) is 83.1 Å². The molecule has 0 bridgehead atoms. The number of phenolic OH excluding ortho intramolecular Hbond substituents is 4. The molecule has 0 saturated heterocycles. The van der Waals surface area contributed by atoms with Crippen LogP contribution in [0.4, 0.5) is 0 Å². The van der Waals surface area contributed by atoms with Gasteiger partial charge in [-0.3, -0.25) is 0 Å². The SMILES string of the molecule is Cc1cc(C(c2cc(Cc3cc(-c4ccccc4)cc(Cc4ccc(OCC(=O)O)c(C(c5cc(C)c(O)c(C)c5C)c5cc(C)c(O)c(C)c5C)c4)c3OCC(=O)O)ccc2OCC(=O)O)c2cc(C)c(O)c(C)c2C)c(C)c(C)c1O. The van der Waals surface area contributed by atoms with E-state index in [0.29, 0.717) is 84.0 Å². The molecule has 8 rings (SSSR count). The van der Waals surface area contributed by atoms with Crippen molar-refractivity contribution < 1.29 is 64.3 Å². The number of carboxylic acids is 3. The maximum Gasteiger partial charge on any atom is 0.341 e. The lowest BCUT2D eigenvalue weighted by Gasteiger charge is -2.28. The van der Waals surface area contributed by atoms with Crippen LogP contribution in [-0.4, -0.2) is 73.5 Å². The minimum atomic E-state index is -1.20. The molecule has 0 heterocycles. The molecule has 0 fully saturated rings. The highest BCUT2D eigenvalue weighted by Crippen LogP contribution is 2.48. The zero-order chi connectivity index (χ0) is 60.5. The van der Waals surface area contributed by atoms with Crippen LogP contribution in [0.5, 0.6) is 40.2 Å². The zero-order valence-corrected chi connectivity index (χ0v) is 49.1. The topological polar surface area (TPSA) is 221 Å². The van der Waals surface area contributed by atoms with Gasteiger partial charge in [-0.25, -0.2) is 14.4 Å². The minimum absolute atomic E-state index is 0.160. The molecule has 83 heavy (non-hydrogen) atoms. The van der Waals surface area contributed by atoms with Gasteiger partial charge < -0.3 is 50.0 Å². The molecule has 0 saturated carbocycles. The van der Waals surface area contributed by atoms with E-state index in [4.69, 9.17) is 14.2 Å². The van der Waals surface area contributed by atoms with Crippen molar-refractivity contribution in [2.24, 2.45) is 0 Å². The van der Waals surface area contributed by atoms with Gasteiger partial charge in [0.25, 0.3) is 0 Å². The Labute approximate surface area is 484 Å². The Bertz CT molecular complexity index is 3530. The molecule has 0 amide bonds. The fourth-order valence-electron chi connectivity index (χ4n) is 11.6. The van der Waals surface area contributed by atoms with Gasteiger partial charge in [-0.1, -0.05) is 78.9 Å². The van der Waals surface area contributed by atoms with Crippen LogP contribution in [0.2, 0.25) is 0 Å². The summed E-state index contributed by atoms with van der Waals surface area (Å²) in [6.45, 7) is 20.5. The predicted octanol–water partition coefficient (Wildman–Crippen LogP) is 13.8. The molecular weight excluding hydrogens is 1050 g/mol. The molecule has 0 aromatic heterocycles. The van der Waals surface area contributed by atoms with Crippen LogP contribution < -0.4 is 14.2 Å². The molecule has 0 aliphatic carbocycles. The third kappa shape index (κ3) is 12.4. The Morgan fingerprint density at radius 1 is 0.361 bits per heavy atom. The number of benzene rings is 8. The summed E-state index contributed by atoms with van der Waals surface area (Å²) in [7, 11) is 0. The van der Waals surface area contributed by atoms with E-state index in [1.165, 1.54) is 0 Å². The summed E-state index contributed by atoms with van der Waals surface area (Å²) in [6.07, 6.45) is 0.376. The first-order valence-electron chi connectivity index (χ1n) is 27.5. The molecule has 0 radical (unpaired) electrons. The summed E-state index contributed by atoms with van der Waals surface area (Å²) in [6, 6.07) is 32.6. The van der Waals surface area contributed by atoms with Gasteiger partial charge in [-0.15, -0.1) is 0 Å². The maximum atomic E-state index is 12.6. The first-order chi connectivity index (χ1) is 39.3. The number of aryl methyl sites for hydroxylation is 4. The molecule has 8 aromatic rings. The molecule has 8 aromatic carbocycles. The van der Waals surface area contributed by atoms with Crippen LogP contribution in [0.3, 0.4) is 0 Å². The maximum absolute atomic E-state index is 12.6. The zero-order valence-electron chi connectivity index (χ0n) is 49.1. The third-order valence-corrected chi connectivity index (χ3v) is 16.6. The van der Waals surface area contributed by atoms with Gasteiger partial charge in [-0.05, 0) is 230 Å². The number of rotatable bonds is 20. The average Bonchev–Trinajstić information content (AvgIpc) is 3.15. The van der Waals surface area contributed by atoms with Gasteiger partial charge in [0, 0.05) is 35.8 Å². The summed E-state index contributed by atoms with van der Waals surface area (Å²) in [5, 5.41) is 74.9. The molecule has 13 nitrogen and oxygen atoms in total. The number of aromatic hydroxyl groups is 4. The van der Waals surface area contributed by atoms with Gasteiger partial charge >= 0.3 is 17.9 Å². The molecule has 430 valence electrons. The van der Waals surface area contributed by atoms with Gasteiger partial charge in [0.1, 0.15) is 40.2 Å². The van der Waals surface area contributed by atoms with Crippen LogP contribution >= 0.6 is 0 Å². The number of hydrogen-bond acceptors (Lipinski definition) is 10. The standard InChI is InChI=1S/C70H72O13/c1-35-22-53(39(5)43(9)66(35)77)64(54-23-36(2)67(78)44(10)40(54)6)57-28-47(18-20-59(57)81-32-61(71)72)26-51-30-50(49-16-14-13-15-17-49)31-52(70(51)83-34-63(75)76)27-48-19-21-60(82-33-62(73)74)58(29-48)65(55-24-37(3)68(79)45(11)41(55)7)56-25-38(4)69(80)46(12)42(56)8/h13-25,28-31,64-65,77-80H,26-27,32-34H2,1-12H3,(H,71,72)(H,73,74)(H,75,76). The molecule has 13 heteroatoms. The van der Waals surface area contributed by atoms with Gasteiger partial charge in [0.15, 0.2) is 19.8 Å². The number of carbonyl (C=O) groups is 3. The molecule has 7 N–H and O–H groups in total. The third-order valence-electron chi connectivity index (χ3n) is 16.6.